The van der Waals surface area contributed by atoms with Crippen LogP contribution in [-0.2, 0) is 0 Å². The van der Waals surface area contributed by atoms with Crippen LogP contribution in [0, 0.1) is 0 Å². The molecule has 5 rings (SSSR count). The lowest BCUT2D eigenvalue weighted by Crippen LogP contribution is -2.54. The molecule has 4 atom stereocenters. The van der Waals surface area contributed by atoms with Crippen LogP contribution >= 0.6 is 0 Å². The van der Waals surface area contributed by atoms with Gasteiger partial charge in [0.15, 0.2) is 0 Å². The van der Waals surface area contributed by atoms with E-state index in [9.17, 15) is 23.1 Å². The molecule has 236 valence electrons. The van der Waals surface area contributed by atoms with Gasteiger partial charge in [0.05, 0.1) is 5.56 Å². The molecule has 2 aliphatic heterocycles. The summed E-state index contributed by atoms with van der Waals surface area (Å²) in [7, 11) is 0. The van der Waals surface area contributed by atoms with E-state index in [-0.39, 0.29) is 41.4 Å². The van der Waals surface area contributed by atoms with Gasteiger partial charge >= 0.3 is 6.36 Å². The molecule has 0 bridgehead atoms. The molecule has 2 fully saturated rings. The number of hydrogen-bond donors (Lipinski definition) is 7. The van der Waals surface area contributed by atoms with Crippen LogP contribution in [-0.4, -0.2) is 82.7 Å². The number of ether oxygens (including phenoxy) is 1. The first-order valence-corrected chi connectivity index (χ1v) is 13.9. The Balaban J connectivity index is 1.36. The van der Waals surface area contributed by atoms with E-state index in [2.05, 4.69) is 30.3 Å². The molecule has 3 aromatic rings. The summed E-state index contributed by atoms with van der Waals surface area (Å²) in [5.41, 5.74) is 25.1. The number of amides is 1. The second-order valence-electron chi connectivity index (χ2n) is 11.0. The van der Waals surface area contributed by atoms with Crippen molar-refractivity contribution in [2.24, 2.45) is 22.9 Å². The van der Waals surface area contributed by atoms with Gasteiger partial charge < -0.3 is 53.2 Å². The Morgan fingerprint density at radius 3 is 1.93 bits per heavy atom. The Morgan fingerprint density at radius 1 is 0.841 bits per heavy atom. The lowest BCUT2D eigenvalue weighted by molar-refractivity contribution is -0.274. The first kappa shape index (κ1) is 31.0. The molecular weight excluding hydrogens is 583 g/mol. The summed E-state index contributed by atoms with van der Waals surface area (Å²) in [6.45, 7) is 1.97. The second kappa shape index (κ2) is 12.7. The molecule has 1 amide bonds. The molecule has 14 nitrogen and oxygen atoms in total. The van der Waals surface area contributed by atoms with Crippen molar-refractivity contribution in [3.63, 3.8) is 0 Å². The molecule has 2 aliphatic rings. The van der Waals surface area contributed by atoms with E-state index in [0.717, 1.165) is 12.1 Å². The van der Waals surface area contributed by atoms with Crippen molar-refractivity contribution in [1.29, 1.82) is 0 Å². The third kappa shape index (κ3) is 7.93. The van der Waals surface area contributed by atoms with E-state index in [1.54, 1.807) is 0 Å². The number of benzene rings is 2. The Morgan fingerprint density at radius 2 is 1.41 bits per heavy atom. The molecule has 0 saturated carbocycles. The largest absolute Gasteiger partial charge is 0.573 e. The number of carbonyl (C=O) groups excluding carboxylic acids is 1. The number of phenols is 1. The van der Waals surface area contributed by atoms with Crippen molar-refractivity contribution in [2.75, 3.05) is 46.6 Å². The van der Waals surface area contributed by atoms with Crippen LogP contribution in [0.1, 0.15) is 23.2 Å². The molecule has 3 heterocycles. The van der Waals surface area contributed by atoms with Gasteiger partial charge in [-0.1, -0.05) is 6.07 Å². The molecule has 44 heavy (non-hydrogen) atoms. The maximum Gasteiger partial charge on any atom is 0.573 e. The Kier molecular flexibility index (Phi) is 8.91. The highest BCUT2D eigenvalue weighted by atomic mass is 19.4. The summed E-state index contributed by atoms with van der Waals surface area (Å²) in [5, 5.41) is 16.1. The number of anilines is 5. The first-order chi connectivity index (χ1) is 20.8. The number of alkyl halides is 3. The predicted octanol–water partition coefficient (Wildman–Crippen LogP) is 1.20. The van der Waals surface area contributed by atoms with Crippen LogP contribution in [0.3, 0.4) is 0 Å². The minimum Gasteiger partial charge on any atom is -0.507 e. The van der Waals surface area contributed by atoms with E-state index >= 15 is 0 Å². The maximum absolute atomic E-state index is 12.8. The van der Waals surface area contributed by atoms with Gasteiger partial charge in [-0.05, 0) is 37.1 Å². The zero-order chi connectivity index (χ0) is 31.6. The average Bonchev–Trinajstić information content (AvgIpc) is 2.91. The average molecular weight is 618 g/mol. The number of piperidine rings is 2. The van der Waals surface area contributed by atoms with Gasteiger partial charge in [0.2, 0.25) is 17.8 Å². The van der Waals surface area contributed by atoms with E-state index in [4.69, 9.17) is 22.9 Å². The Hall–Kier alpha value is -4.45. The molecular formula is C27H34F3N11O3. The van der Waals surface area contributed by atoms with E-state index in [1.807, 2.05) is 9.80 Å². The third-order valence-corrected chi connectivity index (χ3v) is 7.03. The molecule has 0 aliphatic carbocycles. The molecule has 2 saturated heterocycles. The highest BCUT2D eigenvalue weighted by molar-refractivity contribution is 6.06. The van der Waals surface area contributed by atoms with Crippen LogP contribution < -0.4 is 48.1 Å². The van der Waals surface area contributed by atoms with Gasteiger partial charge in [-0.25, -0.2) is 0 Å². The van der Waals surface area contributed by atoms with Gasteiger partial charge in [-0.15, -0.1) is 13.2 Å². The zero-order valence-corrected chi connectivity index (χ0v) is 23.5. The van der Waals surface area contributed by atoms with E-state index < -0.39 is 23.8 Å². The fourth-order valence-electron chi connectivity index (χ4n) is 5.28. The van der Waals surface area contributed by atoms with Crippen molar-refractivity contribution in [3.8, 4) is 11.5 Å². The van der Waals surface area contributed by atoms with Crippen LogP contribution in [0.15, 0.2) is 42.5 Å². The smallest absolute Gasteiger partial charge is 0.507 e. The molecule has 2 aromatic carbocycles. The minimum atomic E-state index is -4.88. The number of rotatable bonds is 7. The monoisotopic (exact) mass is 617 g/mol. The molecule has 0 radical (unpaired) electrons. The number of aromatic nitrogens is 3. The molecule has 0 spiro atoms. The van der Waals surface area contributed by atoms with Gasteiger partial charge in [-0.3, -0.25) is 4.79 Å². The Bertz CT molecular complexity index is 1430. The Labute approximate surface area is 250 Å². The number of carbonyl (C=O) groups is 1. The van der Waals surface area contributed by atoms with Crippen molar-refractivity contribution in [3.05, 3.63) is 48.0 Å². The summed E-state index contributed by atoms with van der Waals surface area (Å²) in [6, 6.07) is 8.28. The fraction of sp³-hybridized carbons (Fsp3) is 0.407. The van der Waals surface area contributed by atoms with Gasteiger partial charge in [0.1, 0.15) is 11.5 Å². The number of nitrogens with one attached hydrogen (secondary N) is 2. The van der Waals surface area contributed by atoms with Crippen LogP contribution in [0.2, 0.25) is 0 Å². The van der Waals surface area contributed by atoms with Crippen molar-refractivity contribution in [2.45, 2.75) is 43.4 Å². The maximum atomic E-state index is 12.8. The lowest BCUT2D eigenvalue weighted by Gasteiger charge is -2.37. The van der Waals surface area contributed by atoms with Crippen LogP contribution in [0.4, 0.5) is 42.4 Å². The summed E-state index contributed by atoms with van der Waals surface area (Å²) < 4.78 is 41.6. The lowest BCUT2D eigenvalue weighted by atomic mass is 10.0. The number of hydrogen-bond acceptors (Lipinski definition) is 13. The number of nitrogens with zero attached hydrogens (tertiary/aromatic N) is 5. The number of halogens is 3. The normalized spacial score (nSPS) is 22.4. The molecule has 1 aromatic heterocycles. The second-order valence-corrected chi connectivity index (χ2v) is 11.0. The SMILES string of the molecule is N[C@@H]1C[C@H](N)CN(c2nc(Nc3ccc(C(=O)Nc4cccc(OC(F)(F)F)c4)c(O)c3)nc(N3C[C@H](N)C[C@H](N)C3)n2)C1. The topological polar surface area (TPSA) is 220 Å². The number of phenolic OH excluding ortho intramolecular Hbond substituents is 1. The van der Waals surface area contributed by atoms with Gasteiger partial charge in [0.25, 0.3) is 5.91 Å². The highest BCUT2D eigenvalue weighted by Gasteiger charge is 2.31. The summed E-state index contributed by atoms with van der Waals surface area (Å²) in [6.07, 6.45) is -3.55. The molecule has 17 heteroatoms. The summed E-state index contributed by atoms with van der Waals surface area (Å²) >= 11 is 0. The fourth-order valence-corrected chi connectivity index (χ4v) is 5.28. The minimum absolute atomic E-state index is 0.0397. The van der Waals surface area contributed by atoms with E-state index in [1.165, 1.54) is 30.3 Å². The molecule has 11 N–H and O–H groups in total. The highest BCUT2D eigenvalue weighted by Crippen LogP contribution is 2.29. The standard InChI is InChI=1S/C27H34F3N11O3/c28-27(29,30)44-20-3-1-2-18(8-20)35-23(43)21-5-4-19(9-22(21)42)36-24-37-25(40-10-14(31)6-15(32)11-40)39-26(38-24)41-12-16(33)7-17(34)13-41/h1-5,8-9,14-17,42H,6-7,10-13,31-34H2,(H,35,43)(H,36,37,38,39)/t14-,15+,16-,17+. The number of nitrogens with two attached hydrogens (primary N) is 4. The molecule has 0 unspecified atom stereocenters. The zero-order valence-electron chi connectivity index (χ0n) is 23.5. The van der Waals surface area contributed by atoms with Crippen molar-refractivity contribution < 1.29 is 27.8 Å². The van der Waals surface area contributed by atoms with Gasteiger partial charge in [-0.2, -0.15) is 15.0 Å². The predicted molar refractivity (Wildman–Crippen MR) is 158 cm³/mol. The third-order valence-electron chi connectivity index (χ3n) is 7.03. The van der Waals surface area contributed by atoms with Gasteiger partial charge in [0, 0.05) is 73.9 Å². The number of aromatic hydroxyl groups is 1. The summed E-state index contributed by atoms with van der Waals surface area (Å²) in [4.78, 5) is 30.4. The first-order valence-electron chi connectivity index (χ1n) is 13.9. The van der Waals surface area contributed by atoms with E-state index in [0.29, 0.717) is 56.6 Å². The van der Waals surface area contributed by atoms with Crippen LogP contribution in [0.5, 0.6) is 11.5 Å². The van der Waals surface area contributed by atoms with Crippen molar-refractivity contribution in [1.82, 2.24) is 15.0 Å². The quantitative estimate of drug-likeness (QED) is 0.198. The summed E-state index contributed by atoms with van der Waals surface area (Å²) in [5.74, 6) is -0.787. The van der Waals surface area contributed by atoms with Crippen LogP contribution in [0.25, 0.3) is 0 Å². The van der Waals surface area contributed by atoms with Crippen molar-refractivity contribution >= 4 is 35.1 Å².